The Balaban J connectivity index is 1.77. The summed E-state index contributed by atoms with van der Waals surface area (Å²) in [5, 5.41) is 0. The van der Waals surface area contributed by atoms with Gasteiger partial charge in [0.05, 0.1) is 12.9 Å². The number of sulfonamides is 1. The highest BCUT2D eigenvalue weighted by Gasteiger charge is 2.19. The summed E-state index contributed by atoms with van der Waals surface area (Å²) >= 11 is 0. The SMILES string of the molecule is C[C@@H](OC(=O)CCCOc1ccccc1)C(=O)c1ccc(NS(C)(=O)=O)cc1. The Hall–Kier alpha value is -2.87. The summed E-state index contributed by atoms with van der Waals surface area (Å²) in [6, 6.07) is 15.2. The quantitative estimate of drug-likeness (QED) is 0.371. The normalized spacial score (nSPS) is 12.1. The first kappa shape index (κ1) is 21.4. The number of nitrogens with one attached hydrogen (secondary N) is 1. The van der Waals surface area contributed by atoms with Crippen molar-refractivity contribution in [3.8, 4) is 5.75 Å². The summed E-state index contributed by atoms with van der Waals surface area (Å²) in [7, 11) is -3.39. The lowest BCUT2D eigenvalue weighted by molar-refractivity contribution is -0.146. The van der Waals surface area contributed by atoms with Crippen molar-refractivity contribution in [2.75, 3.05) is 17.6 Å². The molecule has 0 fully saturated rings. The van der Waals surface area contributed by atoms with Crippen LogP contribution in [0.5, 0.6) is 5.75 Å². The number of esters is 1. The number of anilines is 1. The lowest BCUT2D eigenvalue weighted by Crippen LogP contribution is -2.24. The van der Waals surface area contributed by atoms with E-state index < -0.39 is 22.1 Å². The van der Waals surface area contributed by atoms with E-state index in [2.05, 4.69) is 4.72 Å². The van der Waals surface area contributed by atoms with Crippen molar-refractivity contribution in [1.29, 1.82) is 0 Å². The van der Waals surface area contributed by atoms with E-state index in [1.165, 1.54) is 31.2 Å². The molecule has 1 N–H and O–H groups in total. The van der Waals surface area contributed by atoms with Gasteiger partial charge in [-0.2, -0.15) is 0 Å². The van der Waals surface area contributed by atoms with Gasteiger partial charge >= 0.3 is 5.97 Å². The number of benzene rings is 2. The van der Waals surface area contributed by atoms with Crippen LogP contribution in [-0.4, -0.2) is 39.1 Å². The van der Waals surface area contributed by atoms with Crippen LogP contribution in [0.1, 0.15) is 30.1 Å². The van der Waals surface area contributed by atoms with Crippen LogP contribution in [0.2, 0.25) is 0 Å². The van der Waals surface area contributed by atoms with Gasteiger partial charge in [-0.15, -0.1) is 0 Å². The molecule has 0 aliphatic heterocycles. The number of rotatable bonds is 10. The van der Waals surface area contributed by atoms with E-state index in [4.69, 9.17) is 9.47 Å². The molecule has 0 aliphatic carbocycles. The average Bonchev–Trinajstić information content (AvgIpc) is 2.65. The van der Waals surface area contributed by atoms with Gasteiger partial charge in [0.15, 0.2) is 6.10 Å². The zero-order valence-electron chi connectivity index (χ0n) is 15.8. The van der Waals surface area contributed by atoms with Gasteiger partial charge in [0.2, 0.25) is 15.8 Å². The summed E-state index contributed by atoms with van der Waals surface area (Å²) in [5.74, 6) is -0.110. The summed E-state index contributed by atoms with van der Waals surface area (Å²) in [4.78, 5) is 24.3. The van der Waals surface area contributed by atoms with Crippen LogP contribution in [0.25, 0.3) is 0 Å². The van der Waals surface area contributed by atoms with E-state index in [-0.39, 0.29) is 12.2 Å². The Bertz CT molecular complexity index is 894. The molecule has 0 saturated heterocycles. The van der Waals surface area contributed by atoms with Gasteiger partial charge in [0, 0.05) is 17.7 Å². The number of carbonyl (C=O) groups is 2. The molecule has 2 aromatic carbocycles. The Kier molecular flexibility index (Phi) is 7.57. The van der Waals surface area contributed by atoms with E-state index in [0.717, 1.165) is 12.0 Å². The predicted octanol–water partition coefficient (Wildman–Crippen LogP) is 3.03. The Morgan fingerprint density at radius 3 is 2.29 bits per heavy atom. The Labute approximate surface area is 164 Å². The van der Waals surface area contributed by atoms with Crippen molar-refractivity contribution < 1.29 is 27.5 Å². The molecule has 150 valence electrons. The number of Topliss-reactive ketones (excluding diaryl/α,β-unsaturated/α-hetero) is 1. The molecular weight excluding hydrogens is 382 g/mol. The molecule has 2 aromatic rings. The van der Waals surface area contributed by atoms with Crippen LogP contribution >= 0.6 is 0 Å². The molecule has 0 aliphatic rings. The maximum absolute atomic E-state index is 12.4. The van der Waals surface area contributed by atoms with Gasteiger partial charge in [0.1, 0.15) is 5.75 Å². The summed E-state index contributed by atoms with van der Waals surface area (Å²) in [5.41, 5.74) is 0.675. The fraction of sp³-hybridized carbons (Fsp3) is 0.300. The van der Waals surface area contributed by atoms with E-state index in [1.807, 2.05) is 30.3 Å². The molecule has 1 atom stereocenters. The molecule has 2 rings (SSSR count). The minimum Gasteiger partial charge on any atom is -0.494 e. The van der Waals surface area contributed by atoms with E-state index in [0.29, 0.717) is 24.3 Å². The summed E-state index contributed by atoms with van der Waals surface area (Å²) < 4.78 is 35.4. The first-order chi connectivity index (χ1) is 13.2. The number of ketones is 1. The largest absolute Gasteiger partial charge is 0.494 e. The van der Waals surface area contributed by atoms with Crippen molar-refractivity contribution in [1.82, 2.24) is 0 Å². The summed E-state index contributed by atoms with van der Waals surface area (Å²) in [6.45, 7) is 1.87. The number of ether oxygens (including phenoxy) is 2. The second kappa shape index (κ2) is 9.89. The van der Waals surface area contributed by atoms with Crippen molar-refractivity contribution in [3.05, 3.63) is 60.2 Å². The van der Waals surface area contributed by atoms with Crippen molar-refractivity contribution in [2.45, 2.75) is 25.9 Å². The third kappa shape index (κ3) is 7.40. The van der Waals surface area contributed by atoms with Gasteiger partial charge in [0.25, 0.3) is 0 Å². The maximum Gasteiger partial charge on any atom is 0.306 e. The highest BCUT2D eigenvalue weighted by molar-refractivity contribution is 7.92. The van der Waals surface area contributed by atoms with Crippen LogP contribution in [0.4, 0.5) is 5.69 Å². The molecule has 0 unspecified atom stereocenters. The lowest BCUT2D eigenvalue weighted by Gasteiger charge is -2.13. The van der Waals surface area contributed by atoms with Crippen LogP contribution in [0.3, 0.4) is 0 Å². The number of hydrogen-bond donors (Lipinski definition) is 1. The Morgan fingerprint density at radius 2 is 1.68 bits per heavy atom. The van der Waals surface area contributed by atoms with E-state index >= 15 is 0 Å². The van der Waals surface area contributed by atoms with Gasteiger partial charge in [-0.1, -0.05) is 18.2 Å². The average molecular weight is 405 g/mol. The van der Waals surface area contributed by atoms with Crippen LogP contribution < -0.4 is 9.46 Å². The van der Waals surface area contributed by atoms with Crippen molar-refractivity contribution >= 4 is 27.5 Å². The maximum atomic E-state index is 12.4. The molecule has 0 heterocycles. The predicted molar refractivity (Wildman–Crippen MR) is 106 cm³/mol. The van der Waals surface area contributed by atoms with Crippen LogP contribution in [0, 0.1) is 0 Å². The lowest BCUT2D eigenvalue weighted by atomic mass is 10.1. The van der Waals surface area contributed by atoms with Crippen molar-refractivity contribution in [3.63, 3.8) is 0 Å². The van der Waals surface area contributed by atoms with Gasteiger partial charge in [-0.05, 0) is 49.7 Å². The fourth-order valence-electron chi connectivity index (χ4n) is 2.38. The fourth-order valence-corrected chi connectivity index (χ4v) is 2.95. The topological polar surface area (TPSA) is 98.8 Å². The van der Waals surface area contributed by atoms with Crippen LogP contribution in [0.15, 0.2) is 54.6 Å². The molecule has 0 spiro atoms. The second-order valence-corrected chi connectivity index (χ2v) is 7.96. The third-order valence-corrected chi connectivity index (χ3v) is 4.29. The molecule has 28 heavy (non-hydrogen) atoms. The van der Waals surface area contributed by atoms with Gasteiger partial charge in [-0.25, -0.2) is 8.42 Å². The second-order valence-electron chi connectivity index (χ2n) is 6.21. The zero-order chi connectivity index (χ0) is 20.6. The first-order valence-corrected chi connectivity index (χ1v) is 10.6. The minimum absolute atomic E-state index is 0.141. The van der Waals surface area contributed by atoms with Gasteiger partial charge < -0.3 is 9.47 Å². The summed E-state index contributed by atoms with van der Waals surface area (Å²) in [6.07, 6.45) is 0.719. The first-order valence-electron chi connectivity index (χ1n) is 8.74. The molecular formula is C20H23NO6S. The molecule has 0 amide bonds. The molecule has 0 bridgehead atoms. The number of para-hydroxylation sites is 1. The number of carbonyl (C=O) groups excluding carboxylic acids is 2. The molecule has 7 nitrogen and oxygen atoms in total. The molecule has 0 radical (unpaired) electrons. The smallest absolute Gasteiger partial charge is 0.306 e. The van der Waals surface area contributed by atoms with Gasteiger partial charge in [-0.3, -0.25) is 14.3 Å². The molecule has 0 saturated carbocycles. The third-order valence-electron chi connectivity index (χ3n) is 3.69. The highest BCUT2D eigenvalue weighted by Crippen LogP contribution is 2.14. The minimum atomic E-state index is -3.39. The van der Waals surface area contributed by atoms with E-state index in [1.54, 1.807) is 0 Å². The molecule has 0 aromatic heterocycles. The zero-order valence-corrected chi connectivity index (χ0v) is 16.6. The molecule has 8 heteroatoms. The standard InChI is InChI=1S/C20H23NO6S/c1-15(20(23)16-10-12-17(13-11-16)21-28(2,24)25)27-19(22)9-6-14-26-18-7-4-3-5-8-18/h3-5,7-8,10-13,15,21H,6,9,14H2,1-2H3/t15-/m1/s1. The monoisotopic (exact) mass is 405 g/mol. The van der Waals surface area contributed by atoms with E-state index in [9.17, 15) is 18.0 Å². The van der Waals surface area contributed by atoms with Crippen molar-refractivity contribution in [2.24, 2.45) is 0 Å². The van der Waals surface area contributed by atoms with Crippen LogP contribution in [-0.2, 0) is 19.6 Å². The Morgan fingerprint density at radius 1 is 1.04 bits per heavy atom. The number of hydrogen-bond acceptors (Lipinski definition) is 6. The highest BCUT2D eigenvalue weighted by atomic mass is 32.2.